The number of ether oxygens (including phenoxy) is 1. The van der Waals surface area contributed by atoms with Gasteiger partial charge in [0.1, 0.15) is 11.6 Å². The molecule has 0 saturated carbocycles. The average molecular weight is 281 g/mol. The summed E-state index contributed by atoms with van der Waals surface area (Å²) >= 11 is 3.37. The Morgan fingerprint density at radius 2 is 2.31 bits per heavy atom. The van der Waals surface area contributed by atoms with Crippen LogP contribution in [0.5, 0.6) is 5.75 Å². The number of imidazole rings is 1. The van der Waals surface area contributed by atoms with Crippen LogP contribution in [0.4, 0.5) is 0 Å². The number of hydrogen-bond donors (Lipinski definition) is 1. The third-order valence-electron chi connectivity index (χ3n) is 2.15. The van der Waals surface area contributed by atoms with Gasteiger partial charge in [-0.2, -0.15) is 0 Å². The molecule has 1 heterocycles. The molecule has 0 fully saturated rings. The molecule has 1 aromatic heterocycles. The molecule has 82 valence electrons. The fourth-order valence-corrected chi connectivity index (χ4v) is 1.76. The van der Waals surface area contributed by atoms with Crippen LogP contribution in [-0.2, 0) is 0 Å². The van der Waals surface area contributed by atoms with E-state index in [0.717, 1.165) is 22.1 Å². The zero-order valence-electron chi connectivity index (χ0n) is 8.53. The SMILES string of the molecule is COc1cc(-c2ncc(C=O)[nH]2)ccc1Br. The van der Waals surface area contributed by atoms with Gasteiger partial charge in [-0.15, -0.1) is 0 Å². The summed E-state index contributed by atoms with van der Waals surface area (Å²) in [7, 11) is 1.60. The number of H-pyrrole nitrogens is 1. The summed E-state index contributed by atoms with van der Waals surface area (Å²) in [6.07, 6.45) is 2.23. The van der Waals surface area contributed by atoms with Crippen LogP contribution in [0.2, 0.25) is 0 Å². The third kappa shape index (κ3) is 1.99. The Balaban J connectivity index is 2.43. The summed E-state index contributed by atoms with van der Waals surface area (Å²) < 4.78 is 6.06. The zero-order valence-corrected chi connectivity index (χ0v) is 10.1. The Morgan fingerprint density at radius 3 is 2.94 bits per heavy atom. The number of carbonyl (C=O) groups is 1. The summed E-state index contributed by atoms with van der Waals surface area (Å²) in [6, 6.07) is 5.61. The van der Waals surface area contributed by atoms with Gasteiger partial charge < -0.3 is 9.72 Å². The van der Waals surface area contributed by atoms with Gasteiger partial charge in [-0.3, -0.25) is 4.79 Å². The van der Waals surface area contributed by atoms with Gasteiger partial charge in [0, 0.05) is 5.56 Å². The maximum absolute atomic E-state index is 10.5. The Bertz CT molecular complexity index is 522. The van der Waals surface area contributed by atoms with Gasteiger partial charge in [0.2, 0.25) is 0 Å². The number of benzene rings is 1. The van der Waals surface area contributed by atoms with Gasteiger partial charge in [-0.1, -0.05) is 0 Å². The lowest BCUT2D eigenvalue weighted by Gasteiger charge is -2.04. The van der Waals surface area contributed by atoms with Crippen molar-refractivity contribution in [3.05, 3.63) is 34.6 Å². The van der Waals surface area contributed by atoms with Crippen LogP contribution >= 0.6 is 15.9 Å². The first-order valence-electron chi connectivity index (χ1n) is 4.58. The number of aromatic nitrogens is 2. The molecule has 0 bridgehead atoms. The molecule has 0 aliphatic heterocycles. The second kappa shape index (κ2) is 4.49. The number of halogens is 1. The normalized spacial score (nSPS) is 10.1. The van der Waals surface area contributed by atoms with Gasteiger partial charge in [0.05, 0.1) is 23.5 Å². The van der Waals surface area contributed by atoms with Crippen LogP contribution in [0, 0.1) is 0 Å². The lowest BCUT2D eigenvalue weighted by Crippen LogP contribution is -1.87. The molecule has 2 rings (SSSR count). The molecule has 16 heavy (non-hydrogen) atoms. The van der Waals surface area contributed by atoms with Crippen LogP contribution in [0.3, 0.4) is 0 Å². The number of nitrogens with zero attached hydrogens (tertiary/aromatic N) is 1. The molecule has 0 aliphatic carbocycles. The van der Waals surface area contributed by atoms with Crippen molar-refractivity contribution in [2.24, 2.45) is 0 Å². The first-order valence-corrected chi connectivity index (χ1v) is 5.38. The smallest absolute Gasteiger partial charge is 0.167 e. The molecule has 0 atom stereocenters. The lowest BCUT2D eigenvalue weighted by atomic mass is 10.2. The average Bonchev–Trinajstić information content (AvgIpc) is 2.78. The van der Waals surface area contributed by atoms with Crippen molar-refractivity contribution in [3.8, 4) is 17.1 Å². The highest BCUT2D eigenvalue weighted by molar-refractivity contribution is 9.10. The van der Waals surface area contributed by atoms with E-state index in [9.17, 15) is 4.79 Å². The van der Waals surface area contributed by atoms with Crippen molar-refractivity contribution in [1.29, 1.82) is 0 Å². The highest BCUT2D eigenvalue weighted by Gasteiger charge is 2.06. The molecular formula is C11H9BrN2O2. The third-order valence-corrected chi connectivity index (χ3v) is 2.80. The Labute approximate surface area is 101 Å². The first kappa shape index (κ1) is 10.9. The molecule has 1 aromatic carbocycles. The van der Waals surface area contributed by atoms with Gasteiger partial charge in [-0.25, -0.2) is 4.98 Å². The number of nitrogens with one attached hydrogen (secondary N) is 1. The van der Waals surface area contributed by atoms with E-state index in [2.05, 4.69) is 25.9 Å². The second-order valence-electron chi connectivity index (χ2n) is 3.15. The summed E-state index contributed by atoms with van der Waals surface area (Å²) in [5.41, 5.74) is 1.32. The summed E-state index contributed by atoms with van der Waals surface area (Å²) in [4.78, 5) is 17.5. The van der Waals surface area contributed by atoms with Gasteiger partial charge in [0.15, 0.2) is 6.29 Å². The quantitative estimate of drug-likeness (QED) is 0.880. The molecule has 0 radical (unpaired) electrons. The van der Waals surface area contributed by atoms with Gasteiger partial charge >= 0.3 is 0 Å². The Kier molecular flexibility index (Phi) is 3.05. The van der Waals surface area contributed by atoms with E-state index in [0.29, 0.717) is 11.5 Å². The standard InChI is InChI=1S/C11H9BrN2O2/c1-16-10-4-7(2-3-9(10)12)11-13-5-8(6-15)14-11/h2-6H,1H3,(H,13,14). The largest absolute Gasteiger partial charge is 0.496 e. The lowest BCUT2D eigenvalue weighted by molar-refractivity contribution is 0.111. The number of methoxy groups -OCH3 is 1. The van der Waals surface area contributed by atoms with Crippen molar-refractivity contribution in [3.63, 3.8) is 0 Å². The van der Waals surface area contributed by atoms with Crippen LogP contribution < -0.4 is 4.74 Å². The van der Waals surface area contributed by atoms with E-state index in [1.807, 2.05) is 18.2 Å². The number of rotatable bonds is 3. The van der Waals surface area contributed by atoms with E-state index in [-0.39, 0.29) is 0 Å². The minimum atomic E-state index is 0.455. The Hall–Kier alpha value is -1.62. The van der Waals surface area contributed by atoms with E-state index in [1.54, 1.807) is 7.11 Å². The minimum absolute atomic E-state index is 0.455. The molecule has 0 aliphatic rings. The summed E-state index contributed by atoms with van der Waals surface area (Å²) in [5, 5.41) is 0. The van der Waals surface area contributed by atoms with Gasteiger partial charge in [-0.05, 0) is 34.1 Å². The zero-order chi connectivity index (χ0) is 11.5. The maximum Gasteiger partial charge on any atom is 0.167 e. The van der Waals surface area contributed by atoms with E-state index < -0.39 is 0 Å². The van der Waals surface area contributed by atoms with Crippen LogP contribution in [0.15, 0.2) is 28.9 Å². The molecule has 0 spiro atoms. The fraction of sp³-hybridized carbons (Fsp3) is 0.0909. The Morgan fingerprint density at radius 1 is 1.50 bits per heavy atom. The van der Waals surface area contributed by atoms with Crippen molar-refractivity contribution >= 4 is 22.2 Å². The minimum Gasteiger partial charge on any atom is -0.496 e. The first-order chi connectivity index (χ1) is 7.74. The molecule has 2 aromatic rings. The summed E-state index contributed by atoms with van der Waals surface area (Å²) in [5.74, 6) is 1.37. The summed E-state index contributed by atoms with van der Waals surface area (Å²) in [6.45, 7) is 0. The van der Waals surface area contributed by atoms with Crippen LogP contribution in [-0.4, -0.2) is 23.4 Å². The number of aromatic amines is 1. The van der Waals surface area contributed by atoms with Crippen molar-refractivity contribution in [2.75, 3.05) is 7.11 Å². The fourth-order valence-electron chi connectivity index (χ4n) is 1.35. The molecular weight excluding hydrogens is 272 g/mol. The molecule has 1 N–H and O–H groups in total. The van der Waals surface area contributed by atoms with Crippen LogP contribution in [0.25, 0.3) is 11.4 Å². The maximum atomic E-state index is 10.5. The highest BCUT2D eigenvalue weighted by Crippen LogP contribution is 2.29. The van der Waals surface area contributed by atoms with Crippen molar-refractivity contribution < 1.29 is 9.53 Å². The van der Waals surface area contributed by atoms with E-state index in [4.69, 9.17) is 4.74 Å². The van der Waals surface area contributed by atoms with E-state index in [1.165, 1.54) is 6.20 Å². The second-order valence-corrected chi connectivity index (χ2v) is 4.01. The topological polar surface area (TPSA) is 55.0 Å². The molecule has 0 saturated heterocycles. The monoisotopic (exact) mass is 280 g/mol. The number of hydrogen-bond acceptors (Lipinski definition) is 3. The number of aldehydes is 1. The predicted molar refractivity (Wildman–Crippen MR) is 63.7 cm³/mol. The highest BCUT2D eigenvalue weighted by atomic mass is 79.9. The van der Waals surface area contributed by atoms with Crippen molar-refractivity contribution in [2.45, 2.75) is 0 Å². The molecule has 0 amide bonds. The molecule has 4 nitrogen and oxygen atoms in total. The molecule has 0 unspecified atom stereocenters. The van der Waals surface area contributed by atoms with Crippen molar-refractivity contribution in [1.82, 2.24) is 9.97 Å². The van der Waals surface area contributed by atoms with Gasteiger partial charge in [0.25, 0.3) is 0 Å². The van der Waals surface area contributed by atoms with E-state index >= 15 is 0 Å². The molecule has 5 heteroatoms. The van der Waals surface area contributed by atoms with Crippen LogP contribution in [0.1, 0.15) is 10.5 Å². The number of carbonyl (C=O) groups excluding carboxylic acids is 1. The predicted octanol–water partition coefficient (Wildman–Crippen LogP) is 2.66.